The average Bonchev–Trinajstić information content (AvgIpc) is 3.00. The molecule has 1 aliphatic heterocycles. The third-order valence-electron chi connectivity index (χ3n) is 4.43. The van der Waals surface area contributed by atoms with Crippen LogP contribution in [0.4, 0.5) is 5.69 Å². The van der Waals surface area contributed by atoms with Gasteiger partial charge in [-0.25, -0.2) is 0 Å². The van der Waals surface area contributed by atoms with Crippen LogP contribution in [0.25, 0.3) is 0 Å². The maximum Gasteiger partial charge on any atom is 0.251 e. The van der Waals surface area contributed by atoms with E-state index in [1.165, 1.54) is 11.1 Å². The summed E-state index contributed by atoms with van der Waals surface area (Å²) < 4.78 is 0. The highest BCUT2D eigenvalue weighted by atomic mass is 16.2. The van der Waals surface area contributed by atoms with E-state index in [1.807, 2.05) is 31.2 Å². The normalized spacial score (nSPS) is 14.1. The summed E-state index contributed by atoms with van der Waals surface area (Å²) in [4.78, 5) is 26.0. The van der Waals surface area contributed by atoms with Gasteiger partial charge in [0.1, 0.15) is 0 Å². The monoisotopic (exact) mass is 322 g/mol. The van der Waals surface area contributed by atoms with Crippen LogP contribution in [-0.4, -0.2) is 18.4 Å². The molecule has 2 amide bonds. The van der Waals surface area contributed by atoms with E-state index >= 15 is 0 Å². The van der Waals surface area contributed by atoms with Crippen molar-refractivity contribution in [1.82, 2.24) is 5.32 Å². The van der Waals surface area contributed by atoms with Crippen LogP contribution in [-0.2, 0) is 11.3 Å². The van der Waals surface area contributed by atoms with E-state index in [-0.39, 0.29) is 11.8 Å². The molecule has 0 radical (unpaired) electrons. The number of hydrogen-bond acceptors (Lipinski definition) is 2. The number of benzene rings is 2. The second kappa shape index (κ2) is 6.87. The molecule has 0 aliphatic carbocycles. The Hall–Kier alpha value is -2.62. The fraction of sp³-hybridized carbons (Fsp3) is 0.300. The van der Waals surface area contributed by atoms with E-state index in [4.69, 9.17) is 0 Å². The Labute approximate surface area is 142 Å². The lowest BCUT2D eigenvalue weighted by atomic mass is 10.1. The van der Waals surface area contributed by atoms with E-state index in [0.717, 1.165) is 24.2 Å². The molecule has 1 N–H and O–H groups in total. The van der Waals surface area contributed by atoms with Crippen molar-refractivity contribution in [2.75, 3.05) is 11.4 Å². The molecule has 1 heterocycles. The van der Waals surface area contributed by atoms with Gasteiger partial charge in [0.15, 0.2) is 0 Å². The minimum atomic E-state index is -0.122. The Morgan fingerprint density at radius 2 is 2.00 bits per heavy atom. The second-order valence-electron chi connectivity index (χ2n) is 6.31. The van der Waals surface area contributed by atoms with Gasteiger partial charge in [-0.05, 0) is 49.6 Å². The second-order valence-corrected chi connectivity index (χ2v) is 6.31. The molecule has 24 heavy (non-hydrogen) atoms. The molecule has 124 valence electrons. The molecule has 0 spiro atoms. The largest absolute Gasteiger partial charge is 0.348 e. The number of hydrogen-bond donors (Lipinski definition) is 1. The minimum Gasteiger partial charge on any atom is -0.348 e. The van der Waals surface area contributed by atoms with Crippen molar-refractivity contribution < 1.29 is 9.59 Å². The summed E-state index contributed by atoms with van der Waals surface area (Å²) in [5.41, 5.74) is 4.88. The fourth-order valence-corrected chi connectivity index (χ4v) is 3.06. The van der Waals surface area contributed by atoms with Crippen molar-refractivity contribution in [3.8, 4) is 0 Å². The van der Waals surface area contributed by atoms with Gasteiger partial charge in [0.2, 0.25) is 5.91 Å². The predicted molar refractivity (Wildman–Crippen MR) is 95.1 cm³/mol. The number of carbonyl (C=O) groups excluding carboxylic acids is 2. The first kappa shape index (κ1) is 16.2. The third kappa shape index (κ3) is 3.48. The van der Waals surface area contributed by atoms with Crippen molar-refractivity contribution in [3.63, 3.8) is 0 Å². The summed E-state index contributed by atoms with van der Waals surface area (Å²) in [5, 5.41) is 2.96. The molecular formula is C20H22N2O2. The molecule has 1 aliphatic rings. The predicted octanol–water partition coefficient (Wildman–Crippen LogP) is 3.36. The summed E-state index contributed by atoms with van der Waals surface area (Å²) in [7, 11) is 0. The Kier molecular flexibility index (Phi) is 4.65. The molecular weight excluding hydrogens is 300 g/mol. The number of anilines is 1. The van der Waals surface area contributed by atoms with Crippen LogP contribution in [0.1, 0.15) is 39.9 Å². The van der Waals surface area contributed by atoms with E-state index in [2.05, 4.69) is 18.3 Å². The van der Waals surface area contributed by atoms with Crippen molar-refractivity contribution in [3.05, 3.63) is 64.7 Å². The minimum absolute atomic E-state index is 0.122. The lowest BCUT2D eigenvalue weighted by Crippen LogP contribution is -2.26. The Bertz CT molecular complexity index is 783. The van der Waals surface area contributed by atoms with Crippen molar-refractivity contribution in [2.45, 2.75) is 33.2 Å². The Balaban J connectivity index is 1.70. The van der Waals surface area contributed by atoms with Crippen LogP contribution >= 0.6 is 0 Å². The zero-order valence-corrected chi connectivity index (χ0v) is 14.1. The number of amides is 2. The molecule has 0 atom stereocenters. The Morgan fingerprint density at radius 3 is 2.71 bits per heavy atom. The summed E-state index contributed by atoms with van der Waals surface area (Å²) in [6, 6.07) is 13.5. The van der Waals surface area contributed by atoms with Crippen LogP contribution in [0.2, 0.25) is 0 Å². The van der Waals surface area contributed by atoms with E-state index in [1.54, 1.807) is 17.0 Å². The number of nitrogens with zero attached hydrogens (tertiary/aromatic N) is 1. The highest BCUT2D eigenvalue weighted by molar-refractivity contribution is 5.99. The zero-order valence-electron chi connectivity index (χ0n) is 14.1. The van der Waals surface area contributed by atoms with Gasteiger partial charge < -0.3 is 10.2 Å². The fourth-order valence-electron chi connectivity index (χ4n) is 3.06. The lowest BCUT2D eigenvalue weighted by Gasteiger charge is -2.16. The van der Waals surface area contributed by atoms with Crippen molar-refractivity contribution in [2.24, 2.45) is 0 Å². The number of carbonyl (C=O) groups is 2. The molecule has 1 fully saturated rings. The van der Waals surface area contributed by atoms with E-state index in [9.17, 15) is 9.59 Å². The van der Waals surface area contributed by atoms with Crippen LogP contribution in [0, 0.1) is 13.8 Å². The summed E-state index contributed by atoms with van der Waals surface area (Å²) in [6.07, 6.45) is 1.46. The third-order valence-corrected chi connectivity index (χ3v) is 4.43. The van der Waals surface area contributed by atoms with Crippen LogP contribution in [0.15, 0.2) is 42.5 Å². The highest BCUT2D eigenvalue weighted by Crippen LogP contribution is 2.22. The molecule has 0 saturated carbocycles. The summed E-state index contributed by atoms with van der Waals surface area (Å²) in [6.45, 7) is 5.33. The van der Waals surface area contributed by atoms with Crippen molar-refractivity contribution in [1.29, 1.82) is 0 Å². The number of rotatable bonds is 4. The first-order valence-electron chi connectivity index (χ1n) is 8.29. The zero-order chi connectivity index (χ0) is 17.1. The molecule has 1 saturated heterocycles. The standard InChI is InChI=1S/C20H22N2O2/c1-14-8-9-17(15(2)11-14)13-21-20(24)16-5-3-6-18(12-16)22-10-4-7-19(22)23/h3,5-6,8-9,11-12H,4,7,10,13H2,1-2H3,(H,21,24). The van der Waals surface area contributed by atoms with Gasteiger partial charge in [-0.2, -0.15) is 0 Å². The topological polar surface area (TPSA) is 49.4 Å². The van der Waals surface area contributed by atoms with Gasteiger partial charge in [0.25, 0.3) is 5.91 Å². The number of aryl methyl sites for hydroxylation is 2. The van der Waals surface area contributed by atoms with Crippen molar-refractivity contribution >= 4 is 17.5 Å². The average molecular weight is 322 g/mol. The summed E-state index contributed by atoms with van der Waals surface area (Å²) in [5.74, 6) is 0.00584. The summed E-state index contributed by atoms with van der Waals surface area (Å²) >= 11 is 0. The SMILES string of the molecule is Cc1ccc(CNC(=O)c2cccc(N3CCCC3=O)c2)c(C)c1. The van der Waals surface area contributed by atoms with Gasteiger partial charge in [-0.15, -0.1) is 0 Å². The molecule has 4 heteroatoms. The van der Waals surface area contributed by atoms with Gasteiger partial charge in [0.05, 0.1) is 0 Å². The van der Waals surface area contributed by atoms with Crippen LogP contribution < -0.4 is 10.2 Å². The highest BCUT2D eigenvalue weighted by Gasteiger charge is 2.22. The molecule has 0 bridgehead atoms. The van der Waals surface area contributed by atoms with Crippen LogP contribution in [0.5, 0.6) is 0 Å². The molecule has 3 rings (SSSR count). The Morgan fingerprint density at radius 1 is 1.17 bits per heavy atom. The maximum atomic E-state index is 12.4. The lowest BCUT2D eigenvalue weighted by molar-refractivity contribution is -0.117. The van der Waals surface area contributed by atoms with E-state index in [0.29, 0.717) is 18.5 Å². The first-order valence-corrected chi connectivity index (χ1v) is 8.29. The van der Waals surface area contributed by atoms with Gasteiger partial charge >= 0.3 is 0 Å². The molecule has 2 aromatic carbocycles. The smallest absolute Gasteiger partial charge is 0.251 e. The maximum absolute atomic E-state index is 12.4. The quantitative estimate of drug-likeness (QED) is 0.938. The van der Waals surface area contributed by atoms with Gasteiger partial charge in [0, 0.05) is 30.8 Å². The molecule has 2 aromatic rings. The van der Waals surface area contributed by atoms with Crippen LogP contribution in [0.3, 0.4) is 0 Å². The first-order chi connectivity index (χ1) is 11.5. The molecule has 0 aromatic heterocycles. The number of nitrogens with one attached hydrogen (secondary N) is 1. The van der Waals surface area contributed by atoms with Gasteiger partial charge in [-0.1, -0.05) is 29.8 Å². The molecule has 0 unspecified atom stereocenters. The molecule has 4 nitrogen and oxygen atoms in total. The van der Waals surface area contributed by atoms with Gasteiger partial charge in [-0.3, -0.25) is 9.59 Å². The van der Waals surface area contributed by atoms with E-state index < -0.39 is 0 Å².